The number of hydrogen-bond acceptors (Lipinski definition) is 3. The summed E-state index contributed by atoms with van der Waals surface area (Å²) in [5.74, 6) is 1.02. The van der Waals surface area contributed by atoms with E-state index in [1.165, 1.54) is 11.1 Å². The van der Waals surface area contributed by atoms with Gasteiger partial charge in [-0.15, -0.1) is 0 Å². The summed E-state index contributed by atoms with van der Waals surface area (Å²) in [6, 6.07) is 12.7. The van der Waals surface area contributed by atoms with E-state index in [1.54, 1.807) is 0 Å². The molecular formula is C15H17N3. The van der Waals surface area contributed by atoms with E-state index in [9.17, 15) is 0 Å². The zero-order valence-corrected chi connectivity index (χ0v) is 10.5. The first-order valence-electron chi connectivity index (χ1n) is 6.27. The summed E-state index contributed by atoms with van der Waals surface area (Å²) in [6.07, 6.45) is 1.88. The first-order chi connectivity index (χ1) is 8.74. The molecule has 1 atom stereocenters. The molecule has 92 valence electrons. The van der Waals surface area contributed by atoms with Gasteiger partial charge < -0.3 is 10.6 Å². The summed E-state index contributed by atoms with van der Waals surface area (Å²) >= 11 is 0. The Morgan fingerprint density at radius 2 is 1.78 bits per heavy atom. The van der Waals surface area contributed by atoms with Crippen LogP contribution < -0.4 is 10.6 Å². The minimum Gasteiger partial charge on any atom is -0.348 e. The number of aromatic nitrogens is 1. The number of anilines is 1. The van der Waals surface area contributed by atoms with Crippen LogP contribution in [0.5, 0.6) is 0 Å². The van der Waals surface area contributed by atoms with E-state index < -0.39 is 0 Å². The summed E-state index contributed by atoms with van der Waals surface area (Å²) in [5.41, 5.74) is 9.71. The standard InChI is InChI=1S/C15H17N3/c1-11(16)12-6-7-15(17-8-12)18-9-13-4-2-3-5-14(13)10-18/h2-8,11H,9-10,16H2,1H3/t11-/m1/s1. The molecule has 1 aliphatic heterocycles. The predicted molar refractivity (Wildman–Crippen MR) is 73.2 cm³/mol. The molecule has 0 saturated carbocycles. The first kappa shape index (κ1) is 11.2. The van der Waals surface area contributed by atoms with Crippen LogP contribution in [0.3, 0.4) is 0 Å². The van der Waals surface area contributed by atoms with Crippen molar-refractivity contribution in [3.05, 3.63) is 59.3 Å². The van der Waals surface area contributed by atoms with Crippen molar-refractivity contribution in [2.45, 2.75) is 26.1 Å². The fourth-order valence-corrected chi connectivity index (χ4v) is 2.35. The quantitative estimate of drug-likeness (QED) is 0.876. The van der Waals surface area contributed by atoms with Gasteiger partial charge in [-0.1, -0.05) is 30.3 Å². The second-order valence-corrected chi connectivity index (χ2v) is 4.86. The average molecular weight is 239 g/mol. The van der Waals surface area contributed by atoms with Gasteiger partial charge >= 0.3 is 0 Å². The number of benzene rings is 1. The van der Waals surface area contributed by atoms with E-state index in [4.69, 9.17) is 5.73 Å². The molecule has 1 aliphatic rings. The van der Waals surface area contributed by atoms with E-state index in [2.05, 4.69) is 46.3 Å². The Labute approximate surface area is 107 Å². The Bertz CT molecular complexity index is 521. The van der Waals surface area contributed by atoms with Crippen molar-refractivity contribution in [1.29, 1.82) is 0 Å². The molecule has 0 fully saturated rings. The van der Waals surface area contributed by atoms with Crippen LogP contribution in [0.1, 0.15) is 29.7 Å². The number of nitrogens with zero attached hydrogens (tertiary/aromatic N) is 2. The summed E-state index contributed by atoms with van der Waals surface area (Å²) in [4.78, 5) is 6.80. The van der Waals surface area contributed by atoms with Gasteiger partial charge in [0.15, 0.2) is 0 Å². The van der Waals surface area contributed by atoms with Crippen LogP contribution in [-0.2, 0) is 13.1 Å². The molecule has 1 aromatic carbocycles. The van der Waals surface area contributed by atoms with Crippen LogP contribution in [0.15, 0.2) is 42.6 Å². The molecule has 1 aromatic heterocycles. The lowest BCUT2D eigenvalue weighted by atomic mass is 10.1. The van der Waals surface area contributed by atoms with Crippen molar-refractivity contribution in [3.63, 3.8) is 0 Å². The molecule has 3 nitrogen and oxygen atoms in total. The van der Waals surface area contributed by atoms with E-state index in [0.717, 1.165) is 24.5 Å². The molecule has 2 aromatic rings. The lowest BCUT2D eigenvalue weighted by Crippen LogP contribution is -2.16. The Morgan fingerprint density at radius 3 is 2.28 bits per heavy atom. The van der Waals surface area contributed by atoms with Crippen molar-refractivity contribution >= 4 is 5.82 Å². The minimum atomic E-state index is 0.0438. The van der Waals surface area contributed by atoms with Crippen molar-refractivity contribution in [2.75, 3.05) is 4.90 Å². The topological polar surface area (TPSA) is 42.1 Å². The third-order valence-corrected chi connectivity index (χ3v) is 3.46. The maximum atomic E-state index is 5.83. The normalized spacial score (nSPS) is 15.6. The van der Waals surface area contributed by atoms with Crippen molar-refractivity contribution in [3.8, 4) is 0 Å². The largest absolute Gasteiger partial charge is 0.348 e. The van der Waals surface area contributed by atoms with E-state index >= 15 is 0 Å². The van der Waals surface area contributed by atoms with Crippen molar-refractivity contribution in [2.24, 2.45) is 5.73 Å². The average Bonchev–Trinajstić information content (AvgIpc) is 2.82. The molecule has 0 spiro atoms. The highest BCUT2D eigenvalue weighted by atomic mass is 15.2. The van der Waals surface area contributed by atoms with Crippen LogP contribution in [-0.4, -0.2) is 4.98 Å². The second kappa shape index (κ2) is 4.42. The number of hydrogen-bond donors (Lipinski definition) is 1. The summed E-state index contributed by atoms with van der Waals surface area (Å²) in [6.45, 7) is 3.86. The molecule has 0 aliphatic carbocycles. The SMILES string of the molecule is C[C@@H](N)c1ccc(N2Cc3ccccc3C2)nc1. The fraction of sp³-hybridized carbons (Fsp3) is 0.267. The molecule has 0 saturated heterocycles. The molecule has 2 heterocycles. The molecule has 0 bridgehead atoms. The molecule has 0 radical (unpaired) electrons. The van der Waals surface area contributed by atoms with Crippen LogP contribution in [0.2, 0.25) is 0 Å². The van der Waals surface area contributed by atoms with Crippen LogP contribution in [0, 0.1) is 0 Å². The van der Waals surface area contributed by atoms with Gasteiger partial charge in [-0.3, -0.25) is 0 Å². The van der Waals surface area contributed by atoms with E-state index in [1.807, 2.05) is 13.1 Å². The third kappa shape index (κ3) is 1.97. The van der Waals surface area contributed by atoms with Crippen molar-refractivity contribution < 1.29 is 0 Å². The molecule has 3 rings (SSSR count). The summed E-state index contributed by atoms with van der Waals surface area (Å²) in [7, 11) is 0. The highest BCUT2D eigenvalue weighted by Crippen LogP contribution is 2.26. The summed E-state index contributed by atoms with van der Waals surface area (Å²) in [5, 5.41) is 0. The van der Waals surface area contributed by atoms with Gasteiger partial charge in [0.05, 0.1) is 0 Å². The van der Waals surface area contributed by atoms with Gasteiger partial charge in [0.25, 0.3) is 0 Å². The number of rotatable bonds is 2. The van der Waals surface area contributed by atoms with Gasteiger partial charge in [0, 0.05) is 25.3 Å². The molecular weight excluding hydrogens is 222 g/mol. The minimum absolute atomic E-state index is 0.0438. The summed E-state index contributed by atoms with van der Waals surface area (Å²) < 4.78 is 0. The highest BCUT2D eigenvalue weighted by Gasteiger charge is 2.19. The van der Waals surface area contributed by atoms with Gasteiger partial charge in [-0.05, 0) is 29.7 Å². The van der Waals surface area contributed by atoms with Crippen LogP contribution in [0.4, 0.5) is 5.82 Å². The zero-order valence-electron chi connectivity index (χ0n) is 10.5. The maximum Gasteiger partial charge on any atom is 0.129 e. The van der Waals surface area contributed by atoms with E-state index in [-0.39, 0.29) is 6.04 Å². The highest BCUT2D eigenvalue weighted by molar-refractivity contribution is 5.47. The maximum absolute atomic E-state index is 5.83. The number of pyridine rings is 1. The molecule has 0 amide bonds. The van der Waals surface area contributed by atoms with Crippen LogP contribution in [0.25, 0.3) is 0 Å². The number of nitrogens with two attached hydrogens (primary N) is 1. The molecule has 3 heteroatoms. The Hall–Kier alpha value is -1.87. The number of fused-ring (bicyclic) bond motifs is 1. The van der Waals surface area contributed by atoms with Gasteiger partial charge in [0.1, 0.15) is 5.82 Å². The molecule has 18 heavy (non-hydrogen) atoms. The van der Waals surface area contributed by atoms with Crippen molar-refractivity contribution in [1.82, 2.24) is 4.98 Å². The molecule has 0 unspecified atom stereocenters. The fourth-order valence-electron chi connectivity index (χ4n) is 2.35. The Balaban J connectivity index is 1.82. The third-order valence-electron chi connectivity index (χ3n) is 3.46. The monoisotopic (exact) mass is 239 g/mol. The zero-order chi connectivity index (χ0) is 12.5. The van der Waals surface area contributed by atoms with E-state index in [0.29, 0.717) is 0 Å². The Kier molecular flexibility index (Phi) is 2.76. The van der Waals surface area contributed by atoms with Crippen LogP contribution >= 0.6 is 0 Å². The van der Waals surface area contributed by atoms with Gasteiger partial charge in [-0.2, -0.15) is 0 Å². The smallest absolute Gasteiger partial charge is 0.129 e. The lowest BCUT2D eigenvalue weighted by Gasteiger charge is -2.17. The van der Waals surface area contributed by atoms with Gasteiger partial charge in [-0.25, -0.2) is 4.98 Å². The predicted octanol–water partition coefficient (Wildman–Crippen LogP) is 2.62. The Morgan fingerprint density at radius 1 is 1.11 bits per heavy atom. The lowest BCUT2D eigenvalue weighted by molar-refractivity contribution is 0.802. The first-order valence-corrected chi connectivity index (χ1v) is 6.27. The second-order valence-electron chi connectivity index (χ2n) is 4.86. The molecule has 2 N–H and O–H groups in total. The van der Waals surface area contributed by atoms with Gasteiger partial charge in [0.2, 0.25) is 0 Å².